The third-order valence-electron chi connectivity index (χ3n) is 1.88. The molecule has 0 saturated heterocycles. The van der Waals surface area contributed by atoms with Crippen LogP contribution in [0.25, 0.3) is 10.9 Å². The highest BCUT2D eigenvalue weighted by Gasteiger charge is 2.01. The molecule has 0 bridgehead atoms. The Hall–Kier alpha value is -0.930. The molecule has 0 radical (unpaired) electrons. The molecule has 3 heteroatoms. The Kier molecular flexibility index (Phi) is 2.57. The van der Waals surface area contributed by atoms with E-state index in [0.29, 0.717) is 5.94 Å². The molecule has 13 heavy (non-hydrogen) atoms. The van der Waals surface area contributed by atoms with Crippen LogP contribution in [0.5, 0.6) is 0 Å². The van der Waals surface area contributed by atoms with Gasteiger partial charge in [0.15, 0.2) is 0 Å². The van der Waals surface area contributed by atoms with Crippen molar-refractivity contribution >= 4 is 22.7 Å². The predicted molar refractivity (Wildman–Crippen MR) is 56.0 cm³/mol. The SMILES string of the molecule is COCSc1c[nH]c2ccccc12. The molecule has 0 spiro atoms. The van der Waals surface area contributed by atoms with Crippen molar-refractivity contribution in [2.24, 2.45) is 0 Å². The highest BCUT2D eigenvalue weighted by Crippen LogP contribution is 2.27. The summed E-state index contributed by atoms with van der Waals surface area (Å²) in [6.45, 7) is 0. The van der Waals surface area contributed by atoms with Crippen molar-refractivity contribution in [3.63, 3.8) is 0 Å². The van der Waals surface area contributed by atoms with E-state index < -0.39 is 0 Å². The van der Waals surface area contributed by atoms with Crippen molar-refractivity contribution < 1.29 is 4.74 Å². The van der Waals surface area contributed by atoms with Gasteiger partial charge in [-0.15, -0.1) is 0 Å². The first-order valence-electron chi connectivity index (χ1n) is 4.09. The van der Waals surface area contributed by atoms with Gasteiger partial charge in [-0.05, 0) is 6.07 Å². The van der Waals surface area contributed by atoms with Crippen LogP contribution in [0.2, 0.25) is 0 Å². The first-order chi connectivity index (χ1) is 6.42. The predicted octanol–water partition coefficient (Wildman–Crippen LogP) is 2.86. The summed E-state index contributed by atoms with van der Waals surface area (Å²) in [5.74, 6) is 0.696. The van der Waals surface area contributed by atoms with Crippen LogP contribution in [-0.4, -0.2) is 18.0 Å². The lowest BCUT2D eigenvalue weighted by molar-refractivity contribution is 0.259. The zero-order valence-corrected chi connectivity index (χ0v) is 8.23. The van der Waals surface area contributed by atoms with Crippen molar-refractivity contribution in [1.82, 2.24) is 4.98 Å². The number of benzene rings is 1. The van der Waals surface area contributed by atoms with Gasteiger partial charge in [-0.3, -0.25) is 0 Å². The number of H-pyrrole nitrogens is 1. The number of fused-ring (bicyclic) bond motifs is 1. The number of hydrogen-bond donors (Lipinski definition) is 1. The van der Waals surface area contributed by atoms with Crippen molar-refractivity contribution in [3.8, 4) is 0 Å². The fourth-order valence-electron chi connectivity index (χ4n) is 1.29. The zero-order chi connectivity index (χ0) is 9.10. The van der Waals surface area contributed by atoms with Gasteiger partial charge in [0, 0.05) is 29.1 Å². The summed E-state index contributed by atoms with van der Waals surface area (Å²) < 4.78 is 5.01. The van der Waals surface area contributed by atoms with Gasteiger partial charge >= 0.3 is 0 Å². The third kappa shape index (κ3) is 1.71. The first-order valence-corrected chi connectivity index (χ1v) is 5.08. The molecule has 1 heterocycles. The summed E-state index contributed by atoms with van der Waals surface area (Å²) in [7, 11) is 1.71. The summed E-state index contributed by atoms with van der Waals surface area (Å²) in [5, 5.41) is 1.27. The Morgan fingerprint density at radius 3 is 3.08 bits per heavy atom. The van der Waals surface area contributed by atoms with Crippen LogP contribution in [0.4, 0.5) is 0 Å². The Balaban J connectivity index is 2.35. The summed E-state index contributed by atoms with van der Waals surface area (Å²) in [4.78, 5) is 4.47. The minimum Gasteiger partial charge on any atom is -0.374 e. The van der Waals surface area contributed by atoms with E-state index in [1.165, 1.54) is 15.8 Å². The summed E-state index contributed by atoms with van der Waals surface area (Å²) in [5.41, 5.74) is 1.18. The van der Waals surface area contributed by atoms with Gasteiger partial charge in [0.1, 0.15) is 0 Å². The smallest absolute Gasteiger partial charge is 0.0963 e. The molecule has 2 rings (SSSR count). The zero-order valence-electron chi connectivity index (χ0n) is 7.41. The van der Waals surface area contributed by atoms with Crippen molar-refractivity contribution in [1.29, 1.82) is 0 Å². The lowest BCUT2D eigenvalue weighted by atomic mass is 10.2. The highest BCUT2D eigenvalue weighted by molar-refractivity contribution is 7.99. The molecule has 2 nitrogen and oxygen atoms in total. The second kappa shape index (κ2) is 3.85. The van der Waals surface area contributed by atoms with Gasteiger partial charge in [0.05, 0.1) is 5.94 Å². The average Bonchev–Trinajstić information content (AvgIpc) is 2.58. The number of hydrogen-bond acceptors (Lipinski definition) is 2. The number of ether oxygens (including phenoxy) is 1. The Bertz CT molecular complexity index is 396. The molecule has 2 aromatic rings. The summed E-state index contributed by atoms with van der Waals surface area (Å²) >= 11 is 1.70. The maximum absolute atomic E-state index is 5.01. The lowest BCUT2D eigenvalue weighted by Crippen LogP contribution is -1.79. The maximum atomic E-state index is 5.01. The molecule has 0 aliphatic rings. The molecule has 0 aliphatic heterocycles. The van der Waals surface area contributed by atoms with Crippen LogP contribution in [0.1, 0.15) is 0 Å². The van der Waals surface area contributed by atoms with Gasteiger partial charge in [-0.2, -0.15) is 0 Å². The minimum absolute atomic E-state index is 0.696. The van der Waals surface area contributed by atoms with E-state index >= 15 is 0 Å². The number of para-hydroxylation sites is 1. The molecule has 68 valence electrons. The molecule has 0 fully saturated rings. The summed E-state index contributed by atoms with van der Waals surface area (Å²) in [6, 6.07) is 8.27. The number of aromatic nitrogens is 1. The molecule has 0 saturated carbocycles. The van der Waals surface area contributed by atoms with Crippen molar-refractivity contribution in [2.75, 3.05) is 13.0 Å². The number of methoxy groups -OCH3 is 1. The number of nitrogens with one attached hydrogen (secondary N) is 1. The molecular weight excluding hydrogens is 182 g/mol. The average molecular weight is 193 g/mol. The van der Waals surface area contributed by atoms with Gasteiger partial charge in [-0.1, -0.05) is 30.0 Å². The van der Waals surface area contributed by atoms with Crippen LogP contribution in [0.3, 0.4) is 0 Å². The van der Waals surface area contributed by atoms with E-state index in [1.807, 2.05) is 18.3 Å². The molecule has 0 unspecified atom stereocenters. The molecular formula is C10H11NOS. The largest absolute Gasteiger partial charge is 0.374 e. The Morgan fingerprint density at radius 1 is 1.38 bits per heavy atom. The minimum atomic E-state index is 0.696. The highest BCUT2D eigenvalue weighted by atomic mass is 32.2. The van der Waals surface area contributed by atoms with E-state index in [2.05, 4.69) is 17.1 Å². The third-order valence-corrected chi connectivity index (χ3v) is 2.89. The van der Waals surface area contributed by atoms with Gasteiger partial charge in [0.2, 0.25) is 0 Å². The van der Waals surface area contributed by atoms with Crippen LogP contribution in [0, 0.1) is 0 Å². The van der Waals surface area contributed by atoms with E-state index in [-0.39, 0.29) is 0 Å². The second-order valence-electron chi connectivity index (χ2n) is 2.75. The molecule has 0 amide bonds. The summed E-state index contributed by atoms with van der Waals surface area (Å²) in [6.07, 6.45) is 2.02. The van der Waals surface area contributed by atoms with E-state index in [1.54, 1.807) is 18.9 Å². The molecule has 0 atom stereocenters. The van der Waals surface area contributed by atoms with E-state index in [0.717, 1.165) is 0 Å². The fraction of sp³-hybridized carbons (Fsp3) is 0.200. The molecule has 1 aromatic carbocycles. The Morgan fingerprint density at radius 2 is 2.23 bits per heavy atom. The van der Waals surface area contributed by atoms with Crippen LogP contribution < -0.4 is 0 Å². The number of thioether (sulfide) groups is 1. The normalized spacial score (nSPS) is 10.8. The van der Waals surface area contributed by atoms with Crippen molar-refractivity contribution in [3.05, 3.63) is 30.5 Å². The maximum Gasteiger partial charge on any atom is 0.0963 e. The molecule has 1 N–H and O–H groups in total. The van der Waals surface area contributed by atoms with Gasteiger partial charge in [-0.25, -0.2) is 0 Å². The molecule has 1 aromatic heterocycles. The van der Waals surface area contributed by atoms with Crippen LogP contribution in [-0.2, 0) is 4.74 Å². The quantitative estimate of drug-likeness (QED) is 0.599. The Labute approximate surface area is 81.3 Å². The first kappa shape index (κ1) is 8.66. The van der Waals surface area contributed by atoms with Gasteiger partial charge in [0.25, 0.3) is 0 Å². The van der Waals surface area contributed by atoms with Crippen molar-refractivity contribution in [2.45, 2.75) is 4.90 Å². The monoisotopic (exact) mass is 193 g/mol. The number of rotatable bonds is 3. The standard InChI is InChI=1S/C10H11NOS/c1-12-7-13-10-6-11-9-5-3-2-4-8(9)10/h2-6,11H,7H2,1H3. The van der Waals surface area contributed by atoms with E-state index in [4.69, 9.17) is 4.74 Å². The number of aromatic amines is 1. The van der Waals surface area contributed by atoms with Crippen LogP contribution in [0.15, 0.2) is 35.4 Å². The fourth-order valence-corrected chi connectivity index (χ4v) is 2.01. The van der Waals surface area contributed by atoms with E-state index in [9.17, 15) is 0 Å². The molecule has 0 aliphatic carbocycles. The second-order valence-corrected chi connectivity index (χ2v) is 3.71. The van der Waals surface area contributed by atoms with Gasteiger partial charge < -0.3 is 9.72 Å². The lowest BCUT2D eigenvalue weighted by Gasteiger charge is -1.96. The van der Waals surface area contributed by atoms with Crippen LogP contribution >= 0.6 is 11.8 Å². The topological polar surface area (TPSA) is 25.0 Å².